The van der Waals surface area contributed by atoms with Crippen molar-refractivity contribution in [2.24, 2.45) is 0 Å². The number of nitriles is 2. The number of hydrogen-bond acceptors (Lipinski definition) is 4. The molecule has 4 heterocycles. The van der Waals surface area contributed by atoms with Crippen LogP contribution in [0.1, 0.15) is 11.1 Å². The number of nitrogens with zero attached hydrogens (tertiary/aromatic N) is 4. The summed E-state index contributed by atoms with van der Waals surface area (Å²) in [6, 6.07) is 76.9. The summed E-state index contributed by atoms with van der Waals surface area (Å²) >= 11 is 0. The number of para-hydroxylation sites is 2. The van der Waals surface area contributed by atoms with Crippen molar-refractivity contribution in [1.29, 1.82) is 10.5 Å². The lowest BCUT2D eigenvalue weighted by atomic mass is 9.99. The molecule has 6 nitrogen and oxygen atoms in total. The van der Waals surface area contributed by atoms with E-state index in [9.17, 15) is 10.5 Å². The molecule has 11 aromatic carbocycles. The monoisotopic (exact) mass is 890 g/mol. The van der Waals surface area contributed by atoms with Crippen LogP contribution in [0.25, 0.3) is 143 Å². The Morgan fingerprint density at radius 3 is 1.31 bits per heavy atom. The van der Waals surface area contributed by atoms with E-state index >= 15 is 0 Å². The van der Waals surface area contributed by atoms with Gasteiger partial charge in [-0.3, -0.25) is 0 Å². The topological polar surface area (TPSA) is 83.7 Å². The van der Waals surface area contributed by atoms with Crippen molar-refractivity contribution < 1.29 is 8.83 Å². The zero-order chi connectivity index (χ0) is 46.2. The van der Waals surface area contributed by atoms with E-state index in [0.29, 0.717) is 16.8 Å². The Morgan fingerprint density at radius 2 is 0.771 bits per heavy atom. The number of aromatic nitrogens is 2. The van der Waals surface area contributed by atoms with Gasteiger partial charge in [0.25, 0.3) is 0 Å². The Labute approximate surface area is 398 Å². The highest BCUT2D eigenvalue weighted by molar-refractivity contribution is 6.23. The molecule has 0 spiro atoms. The molecule has 15 aromatic rings. The molecule has 0 saturated carbocycles. The lowest BCUT2D eigenvalue weighted by molar-refractivity contribution is 0.668. The molecule has 0 atom stereocenters. The van der Waals surface area contributed by atoms with Gasteiger partial charge in [-0.25, -0.2) is 0 Å². The fourth-order valence-electron chi connectivity index (χ4n) is 11.4. The van der Waals surface area contributed by atoms with E-state index < -0.39 is 0 Å². The second-order valence-electron chi connectivity index (χ2n) is 18.2. The first-order valence-corrected chi connectivity index (χ1v) is 23.3. The van der Waals surface area contributed by atoms with Crippen molar-refractivity contribution >= 4 is 109 Å². The SMILES string of the molecule is N#Cc1cc(-n2c3ccc(-c4ccc5c(c4)oc4ccccc45)cc3c3c4ccccc4ccc32)cc(-n2c3ccc(-c4ccc5c(c4)oc4ccccc45)cc3c3c4ccccc4ccc32)c1C#N. The molecule has 0 aliphatic rings. The largest absolute Gasteiger partial charge is 0.456 e. The van der Waals surface area contributed by atoms with Crippen molar-refractivity contribution in [2.45, 2.75) is 0 Å². The van der Waals surface area contributed by atoms with E-state index in [2.05, 4.69) is 185 Å². The predicted octanol–water partition coefficient (Wildman–Crippen LogP) is 17.1. The maximum absolute atomic E-state index is 11.1. The van der Waals surface area contributed by atoms with E-state index in [1.165, 1.54) is 0 Å². The van der Waals surface area contributed by atoms with Crippen molar-refractivity contribution in [3.8, 4) is 45.8 Å². The van der Waals surface area contributed by atoms with Crippen molar-refractivity contribution in [3.05, 3.63) is 217 Å². The summed E-state index contributed by atoms with van der Waals surface area (Å²) in [5.74, 6) is 0. The molecule has 0 fully saturated rings. The van der Waals surface area contributed by atoms with Gasteiger partial charge in [0.2, 0.25) is 0 Å². The predicted molar refractivity (Wildman–Crippen MR) is 285 cm³/mol. The second kappa shape index (κ2) is 14.3. The van der Waals surface area contributed by atoms with Crippen LogP contribution in [0.4, 0.5) is 0 Å². The van der Waals surface area contributed by atoms with Crippen LogP contribution < -0.4 is 0 Å². The molecule has 0 unspecified atom stereocenters. The van der Waals surface area contributed by atoms with Gasteiger partial charge in [-0.15, -0.1) is 0 Å². The van der Waals surface area contributed by atoms with Crippen LogP contribution in [0.15, 0.2) is 215 Å². The zero-order valence-corrected chi connectivity index (χ0v) is 37.2. The summed E-state index contributed by atoms with van der Waals surface area (Å²) < 4.78 is 17.1. The Bertz CT molecular complexity index is 4870. The smallest absolute Gasteiger partial charge is 0.136 e. The average molecular weight is 891 g/mol. The number of hydrogen-bond donors (Lipinski definition) is 0. The molecule has 0 amide bonds. The standard InChI is InChI=1S/C64H34N4O2/c65-35-43-29-44(67-54-25-21-39(30-51(54)63-45-11-3-1-9-37(45)19-27-56(63)67)41-17-23-49-47-13-5-7-15-59(47)69-61(49)32-41)34-58(53(43)36-66)68-55-26-22-40(31-52(55)64-46-12-4-2-10-38(46)20-28-57(64)68)42-18-24-50-48-14-6-8-16-60(48)70-62(50)33-42/h1-34H. The summed E-state index contributed by atoms with van der Waals surface area (Å²) in [5.41, 5.74) is 13.5. The second-order valence-corrected chi connectivity index (χ2v) is 18.2. The van der Waals surface area contributed by atoms with Crippen LogP contribution in [0.2, 0.25) is 0 Å². The van der Waals surface area contributed by atoms with Crippen molar-refractivity contribution in [3.63, 3.8) is 0 Å². The molecule has 0 saturated heterocycles. The molecule has 70 heavy (non-hydrogen) atoms. The molecule has 0 N–H and O–H groups in total. The molecule has 0 radical (unpaired) electrons. The van der Waals surface area contributed by atoms with Gasteiger partial charge in [0, 0.05) is 48.8 Å². The molecule has 4 aromatic heterocycles. The Hall–Kier alpha value is -9.88. The van der Waals surface area contributed by atoms with E-state index in [1.807, 2.05) is 42.5 Å². The molecular weight excluding hydrogens is 857 g/mol. The Balaban J connectivity index is 0.975. The van der Waals surface area contributed by atoms with Crippen LogP contribution in [-0.4, -0.2) is 9.13 Å². The van der Waals surface area contributed by atoms with E-state index in [-0.39, 0.29) is 0 Å². The van der Waals surface area contributed by atoms with Gasteiger partial charge >= 0.3 is 0 Å². The van der Waals surface area contributed by atoms with Gasteiger partial charge in [0.15, 0.2) is 0 Å². The van der Waals surface area contributed by atoms with Gasteiger partial charge in [-0.1, -0.05) is 121 Å². The van der Waals surface area contributed by atoms with Gasteiger partial charge in [0.05, 0.1) is 38.9 Å². The average Bonchev–Trinajstić information content (AvgIpc) is 4.17. The van der Waals surface area contributed by atoms with Crippen LogP contribution in [0.3, 0.4) is 0 Å². The third kappa shape index (κ3) is 5.36. The quantitative estimate of drug-likeness (QED) is 0.176. The highest BCUT2D eigenvalue weighted by Crippen LogP contribution is 2.44. The maximum atomic E-state index is 11.1. The fraction of sp³-hybridized carbons (Fsp3) is 0. The number of furan rings is 2. The highest BCUT2D eigenvalue weighted by atomic mass is 16.3. The molecule has 322 valence electrons. The van der Waals surface area contributed by atoms with Crippen molar-refractivity contribution in [1.82, 2.24) is 9.13 Å². The van der Waals surface area contributed by atoms with Crippen LogP contribution >= 0.6 is 0 Å². The minimum atomic E-state index is 0.299. The number of rotatable bonds is 4. The minimum absolute atomic E-state index is 0.299. The Morgan fingerprint density at radius 1 is 0.329 bits per heavy atom. The minimum Gasteiger partial charge on any atom is -0.456 e. The van der Waals surface area contributed by atoms with Crippen LogP contribution in [0.5, 0.6) is 0 Å². The third-order valence-electron chi connectivity index (χ3n) is 14.6. The number of fused-ring (bicyclic) bond motifs is 16. The first-order chi connectivity index (χ1) is 34.6. The summed E-state index contributed by atoms with van der Waals surface area (Å²) in [6.07, 6.45) is 0. The molecule has 0 aliphatic carbocycles. The number of benzene rings is 11. The normalized spacial score (nSPS) is 12.0. The van der Waals surface area contributed by atoms with Crippen molar-refractivity contribution in [2.75, 3.05) is 0 Å². The summed E-state index contributed by atoms with van der Waals surface area (Å²) in [7, 11) is 0. The van der Waals surface area contributed by atoms with Gasteiger partial charge < -0.3 is 18.0 Å². The molecule has 0 aliphatic heterocycles. The molecule has 15 rings (SSSR count). The first-order valence-electron chi connectivity index (χ1n) is 23.3. The zero-order valence-electron chi connectivity index (χ0n) is 37.2. The summed E-state index contributed by atoms with van der Waals surface area (Å²) in [6.45, 7) is 0. The maximum Gasteiger partial charge on any atom is 0.136 e. The highest BCUT2D eigenvalue weighted by Gasteiger charge is 2.24. The van der Waals surface area contributed by atoms with Crippen LogP contribution in [-0.2, 0) is 0 Å². The van der Waals surface area contributed by atoms with Gasteiger partial charge in [-0.05, 0) is 129 Å². The summed E-state index contributed by atoms with van der Waals surface area (Å²) in [4.78, 5) is 0. The molecule has 0 bridgehead atoms. The summed E-state index contributed by atoms with van der Waals surface area (Å²) in [5, 5.41) is 35.2. The van der Waals surface area contributed by atoms with E-state index in [1.54, 1.807) is 0 Å². The third-order valence-corrected chi connectivity index (χ3v) is 14.6. The van der Waals surface area contributed by atoms with Gasteiger partial charge in [-0.2, -0.15) is 10.5 Å². The molecular formula is C64H34N4O2. The van der Waals surface area contributed by atoms with Crippen LogP contribution in [0, 0.1) is 22.7 Å². The fourth-order valence-corrected chi connectivity index (χ4v) is 11.4. The van der Waals surface area contributed by atoms with Gasteiger partial charge in [0.1, 0.15) is 34.5 Å². The Kier molecular flexibility index (Phi) is 7.82. The molecule has 6 heteroatoms. The lowest BCUT2D eigenvalue weighted by Gasteiger charge is -2.16. The van der Waals surface area contributed by atoms with E-state index in [4.69, 9.17) is 8.83 Å². The lowest BCUT2D eigenvalue weighted by Crippen LogP contribution is -2.04. The first kappa shape index (κ1) is 38.2. The van der Waals surface area contributed by atoms with E-state index in [0.717, 1.165) is 137 Å².